The number of Topliss-reactive ketones (excluding diaryl/α,β-unsaturated/α-hetero) is 1. The van der Waals surface area contributed by atoms with Crippen molar-refractivity contribution in [1.29, 1.82) is 0 Å². The van der Waals surface area contributed by atoms with Gasteiger partial charge in [-0.3, -0.25) is 9.69 Å². The fraction of sp³-hybridized carbons (Fsp3) is 0.917. The summed E-state index contributed by atoms with van der Waals surface area (Å²) in [5, 5.41) is 0. The molecular weight excluding hydrogens is 188 g/mol. The molecule has 2 rings (SSSR count). The van der Waals surface area contributed by atoms with Gasteiger partial charge in [-0.05, 0) is 39.8 Å². The van der Waals surface area contributed by atoms with Gasteiger partial charge in [0, 0.05) is 25.0 Å². The average molecular weight is 210 g/mol. The minimum absolute atomic E-state index is 0.415. The van der Waals surface area contributed by atoms with Crippen LogP contribution in [0.25, 0.3) is 0 Å². The van der Waals surface area contributed by atoms with Crippen LogP contribution in [0.1, 0.15) is 26.2 Å². The number of hydrogen-bond acceptors (Lipinski definition) is 3. The molecule has 0 aromatic heterocycles. The van der Waals surface area contributed by atoms with Gasteiger partial charge in [-0.15, -0.1) is 0 Å². The third kappa shape index (κ3) is 3.02. The predicted molar refractivity (Wildman–Crippen MR) is 60.9 cm³/mol. The molecule has 1 saturated heterocycles. The van der Waals surface area contributed by atoms with E-state index in [2.05, 4.69) is 23.8 Å². The summed E-state index contributed by atoms with van der Waals surface area (Å²) in [5.74, 6) is 0.893. The molecule has 0 radical (unpaired) electrons. The van der Waals surface area contributed by atoms with E-state index in [0.29, 0.717) is 24.3 Å². The molecule has 1 aliphatic carbocycles. The fourth-order valence-corrected chi connectivity index (χ4v) is 2.39. The van der Waals surface area contributed by atoms with E-state index in [1.54, 1.807) is 0 Å². The van der Waals surface area contributed by atoms with Crippen molar-refractivity contribution in [2.24, 2.45) is 5.92 Å². The van der Waals surface area contributed by atoms with Gasteiger partial charge in [0.1, 0.15) is 5.78 Å². The fourth-order valence-electron chi connectivity index (χ4n) is 2.39. The molecular formula is C12H22N2O. The van der Waals surface area contributed by atoms with Crippen LogP contribution in [0, 0.1) is 5.92 Å². The van der Waals surface area contributed by atoms with Crippen LogP contribution in [0.3, 0.4) is 0 Å². The van der Waals surface area contributed by atoms with E-state index in [4.69, 9.17) is 0 Å². The van der Waals surface area contributed by atoms with Gasteiger partial charge in [0.15, 0.2) is 0 Å². The second-order valence-electron chi connectivity index (χ2n) is 5.18. The lowest BCUT2D eigenvalue weighted by molar-refractivity contribution is -0.121. The lowest BCUT2D eigenvalue weighted by atomic mass is 10.2. The summed E-state index contributed by atoms with van der Waals surface area (Å²) < 4.78 is 0. The number of ketones is 1. The lowest BCUT2D eigenvalue weighted by Gasteiger charge is -2.27. The van der Waals surface area contributed by atoms with Gasteiger partial charge in [-0.1, -0.05) is 0 Å². The van der Waals surface area contributed by atoms with Crippen molar-refractivity contribution in [2.75, 3.05) is 33.2 Å². The zero-order valence-corrected chi connectivity index (χ0v) is 9.91. The van der Waals surface area contributed by atoms with E-state index in [-0.39, 0.29) is 0 Å². The minimum Gasteiger partial charge on any atom is -0.305 e. The number of carbonyl (C=O) groups excluding carboxylic acids is 1. The largest absolute Gasteiger partial charge is 0.305 e. The molecule has 1 unspecified atom stereocenters. The number of nitrogens with zero attached hydrogens (tertiary/aromatic N) is 2. The van der Waals surface area contributed by atoms with Crippen molar-refractivity contribution in [3.8, 4) is 0 Å². The molecule has 0 amide bonds. The van der Waals surface area contributed by atoms with Gasteiger partial charge >= 0.3 is 0 Å². The van der Waals surface area contributed by atoms with Crippen molar-refractivity contribution >= 4 is 5.78 Å². The summed E-state index contributed by atoms with van der Waals surface area (Å²) in [5.41, 5.74) is 0. The van der Waals surface area contributed by atoms with E-state index in [1.807, 2.05) is 0 Å². The van der Waals surface area contributed by atoms with Crippen LogP contribution in [-0.4, -0.2) is 54.9 Å². The predicted octanol–water partition coefficient (Wildman–Crippen LogP) is 0.991. The van der Waals surface area contributed by atoms with Crippen molar-refractivity contribution in [1.82, 2.24) is 9.80 Å². The highest BCUT2D eigenvalue weighted by molar-refractivity contribution is 5.85. The topological polar surface area (TPSA) is 23.6 Å². The second kappa shape index (κ2) is 4.62. The molecule has 1 heterocycles. The van der Waals surface area contributed by atoms with Crippen LogP contribution in [0.15, 0.2) is 0 Å². The maximum absolute atomic E-state index is 11.8. The molecule has 3 nitrogen and oxygen atoms in total. The van der Waals surface area contributed by atoms with Crippen LogP contribution in [0.4, 0.5) is 0 Å². The Balaban J connectivity index is 1.86. The normalized spacial score (nSPS) is 30.1. The quantitative estimate of drug-likeness (QED) is 0.694. The highest BCUT2D eigenvalue weighted by Crippen LogP contribution is 2.30. The Morgan fingerprint density at radius 2 is 2.07 bits per heavy atom. The first-order valence-corrected chi connectivity index (χ1v) is 6.12. The van der Waals surface area contributed by atoms with E-state index < -0.39 is 0 Å². The standard InChI is InChI=1S/C12H22N2O/c1-10-8-13(2)6-3-7-14(10)9-12(15)11-4-5-11/h10-11H,3-9H2,1-2H3. The van der Waals surface area contributed by atoms with Gasteiger partial charge in [0.25, 0.3) is 0 Å². The number of likely N-dealkylation sites (N-methyl/N-ethyl adjacent to an activating group) is 1. The maximum atomic E-state index is 11.8. The Morgan fingerprint density at radius 3 is 2.73 bits per heavy atom. The molecule has 2 aliphatic rings. The first-order valence-electron chi connectivity index (χ1n) is 6.12. The minimum atomic E-state index is 0.415. The maximum Gasteiger partial charge on any atom is 0.149 e. The Morgan fingerprint density at radius 1 is 1.33 bits per heavy atom. The van der Waals surface area contributed by atoms with E-state index >= 15 is 0 Å². The van der Waals surface area contributed by atoms with Crippen LogP contribution >= 0.6 is 0 Å². The smallest absolute Gasteiger partial charge is 0.149 e. The molecule has 86 valence electrons. The van der Waals surface area contributed by atoms with Gasteiger partial charge < -0.3 is 4.90 Å². The molecule has 15 heavy (non-hydrogen) atoms. The van der Waals surface area contributed by atoms with Crippen LogP contribution in [0.5, 0.6) is 0 Å². The Bertz CT molecular complexity index is 238. The third-order valence-electron chi connectivity index (χ3n) is 3.58. The molecule has 1 saturated carbocycles. The monoisotopic (exact) mass is 210 g/mol. The van der Waals surface area contributed by atoms with E-state index in [0.717, 1.165) is 25.9 Å². The number of carbonyl (C=O) groups is 1. The van der Waals surface area contributed by atoms with Crippen molar-refractivity contribution < 1.29 is 4.79 Å². The number of hydrogen-bond donors (Lipinski definition) is 0. The molecule has 0 N–H and O–H groups in total. The van der Waals surface area contributed by atoms with Crippen molar-refractivity contribution in [3.05, 3.63) is 0 Å². The summed E-state index contributed by atoms with van der Waals surface area (Å²) in [6, 6.07) is 0.528. The molecule has 2 fully saturated rings. The Kier molecular flexibility index (Phi) is 3.42. The Hall–Kier alpha value is -0.410. The lowest BCUT2D eigenvalue weighted by Crippen LogP contribution is -2.41. The van der Waals surface area contributed by atoms with Crippen LogP contribution in [-0.2, 0) is 4.79 Å². The molecule has 0 aromatic carbocycles. The second-order valence-corrected chi connectivity index (χ2v) is 5.18. The zero-order valence-electron chi connectivity index (χ0n) is 9.91. The summed E-state index contributed by atoms with van der Waals surface area (Å²) >= 11 is 0. The molecule has 1 aliphatic heterocycles. The highest BCUT2D eigenvalue weighted by Gasteiger charge is 2.31. The van der Waals surface area contributed by atoms with Gasteiger partial charge in [0.2, 0.25) is 0 Å². The van der Waals surface area contributed by atoms with Crippen molar-refractivity contribution in [2.45, 2.75) is 32.2 Å². The van der Waals surface area contributed by atoms with Gasteiger partial charge in [-0.2, -0.15) is 0 Å². The molecule has 3 heteroatoms. The summed E-state index contributed by atoms with van der Waals surface area (Å²) in [4.78, 5) is 16.5. The van der Waals surface area contributed by atoms with Crippen molar-refractivity contribution in [3.63, 3.8) is 0 Å². The summed E-state index contributed by atoms with van der Waals surface area (Å²) in [6.45, 7) is 6.28. The summed E-state index contributed by atoms with van der Waals surface area (Å²) in [6.07, 6.45) is 3.47. The zero-order chi connectivity index (χ0) is 10.8. The first kappa shape index (κ1) is 11.1. The molecule has 1 atom stereocenters. The van der Waals surface area contributed by atoms with E-state index in [9.17, 15) is 4.79 Å². The molecule has 0 spiro atoms. The third-order valence-corrected chi connectivity index (χ3v) is 3.58. The SMILES string of the molecule is CC1CN(C)CCCN1CC(=O)C1CC1. The number of rotatable bonds is 3. The highest BCUT2D eigenvalue weighted by atomic mass is 16.1. The molecule has 0 aromatic rings. The first-order chi connectivity index (χ1) is 7.16. The molecule has 0 bridgehead atoms. The van der Waals surface area contributed by atoms with E-state index in [1.165, 1.54) is 13.0 Å². The van der Waals surface area contributed by atoms with Crippen LogP contribution in [0.2, 0.25) is 0 Å². The summed E-state index contributed by atoms with van der Waals surface area (Å²) in [7, 11) is 2.17. The van der Waals surface area contributed by atoms with Gasteiger partial charge in [0.05, 0.1) is 6.54 Å². The van der Waals surface area contributed by atoms with Crippen LogP contribution < -0.4 is 0 Å². The average Bonchev–Trinajstić information content (AvgIpc) is 2.97. The van der Waals surface area contributed by atoms with Gasteiger partial charge in [-0.25, -0.2) is 0 Å². The Labute approximate surface area is 92.4 Å².